The van der Waals surface area contributed by atoms with Gasteiger partial charge in [0.25, 0.3) is 0 Å². The summed E-state index contributed by atoms with van der Waals surface area (Å²) in [6.45, 7) is 9.83. The quantitative estimate of drug-likeness (QED) is 0.692. The molecule has 0 spiro atoms. The molecule has 1 aliphatic carbocycles. The van der Waals surface area contributed by atoms with Gasteiger partial charge in [0.2, 0.25) is 11.8 Å². The van der Waals surface area contributed by atoms with Gasteiger partial charge in [-0.1, -0.05) is 40.5 Å². The van der Waals surface area contributed by atoms with Crippen molar-refractivity contribution in [2.45, 2.75) is 91.1 Å². The molecule has 2 fully saturated rings. The van der Waals surface area contributed by atoms with Crippen LogP contribution in [0.15, 0.2) is 0 Å². The molecular formula is C21H38N2O3. The minimum atomic E-state index is -0.120. The minimum absolute atomic E-state index is 0.0205. The lowest BCUT2D eigenvalue weighted by Crippen LogP contribution is -2.58. The van der Waals surface area contributed by atoms with Gasteiger partial charge in [-0.05, 0) is 43.9 Å². The second kappa shape index (κ2) is 9.72. The van der Waals surface area contributed by atoms with Crippen molar-refractivity contribution in [3.63, 3.8) is 0 Å². The molecule has 2 rings (SSSR count). The maximum atomic E-state index is 12.7. The van der Waals surface area contributed by atoms with Crippen molar-refractivity contribution in [1.29, 1.82) is 0 Å². The molecule has 1 heterocycles. The van der Waals surface area contributed by atoms with Crippen LogP contribution in [0.1, 0.15) is 79.1 Å². The molecule has 0 aromatic heterocycles. The maximum absolute atomic E-state index is 12.7. The smallest absolute Gasteiger partial charge is 0.223 e. The van der Waals surface area contributed by atoms with Gasteiger partial charge in [-0.25, -0.2) is 0 Å². The van der Waals surface area contributed by atoms with Crippen LogP contribution in [0.5, 0.6) is 0 Å². The fourth-order valence-corrected chi connectivity index (χ4v) is 4.42. The molecule has 1 aliphatic heterocycles. The Morgan fingerprint density at radius 3 is 2.35 bits per heavy atom. The van der Waals surface area contributed by atoms with Gasteiger partial charge in [-0.15, -0.1) is 0 Å². The van der Waals surface area contributed by atoms with Gasteiger partial charge >= 0.3 is 0 Å². The predicted molar refractivity (Wildman–Crippen MR) is 104 cm³/mol. The first-order valence-corrected chi connectivity index (χ1v) is 10.5. The lowest BCUT2D eigenvalue weighted by Gasteiger charge is -2.34. The van der Waals surface area contributed by atoms with Crippen LogP contribution in [0.2, 0.25) is 0 Å². The van der Waals surface area contributed by atoms with E-state index in [0.717, 1.165) is 51.4 Å². The average molecular weight is 367 g/mol. The maximum Gasteiger partial charge on any atom is 0.223 e. The zero-order chi connectivity index (χ0) is 19.2. The highest BCUT2D eigenvalue weighted by Crippen LogP contribution is 2.41. The molecule has 150 valence electrons. The summed E-state index contributed by atoms with van der Waals surface area (Å²) >= 11 is 0. The topological polar surface area (TPSA) is 67.4 Å². The molecule has 1 saturated carbocycles. The van der Waals surface area contributed by atoms with Crippen molar-refractivity contribution < 1.29 is 14.3 Å². The van der Waals surface area contributed by atoms with E-state index in [2.05, 4.69) is 38.3 Å². The molecule has 1 unspecified atom stereocenters. The van der Waals surface area contributed by atoms with E-state index in [4.69, 9.17) is 4.74 Å². The summed E-state index contributed by atoms with van der Waals surface area (Å²) in [4.78, 5) is 25.4. The van der Waals surface area contributed by atoms with Gasteiger partial charge in [0.15, 0.2) is 0 Å². The van der Waals surface area contributed by atoms with E-state index >= 15 is 0 Å². The average Bonchev–Trinajstić information content (AvgIpc) is 2.96. The third kappa shape index (κ3) is 5.97. The highest BCUT2D eigenvalue weighted by Gasteiger charge is 2.37. The van der Waals surface area contributed by atoms with E-state index in [-0.39, 0.29) is 41.1 Å². The third-order valence-electron chi connectivity index (χ3n) is 6.00. The summed E-state index contributed by atoms with van der Waals surface area (Å²) in [6, 6.07) is -0.140. The van der Waals surface area contributed by atoms with Crippen LogP contribution in [-0.2, 0) is 14.3 Å². The van der Waals surface area contributed by atoms with Crippen LogP contribution >= 0.6 is 0 Å². The van der Waals surface area contributed by atoms with Crippen molar-refractivity contribution in [3.8, 4) is 0 Å². The molecule has 0 aromatic rings. The number of hydrogen-bond acceptors (Lipinski definition) is 3. The number of rotatable bonds is 8. The fourth-order valence-electron chi connectivity index (χ4n) is 4.42. The first-order chi connectivity index (χ1) is 12.4. The fraction of sp³-hybridized carbons (Fsp3) is 0.905. The molecule has 0 aromatic carbocycles. The SMILES string of the molecule is CCCC(CCC)C(=O)N[C@@H]1COCC[C@@H]1NC(=O)C1CCC(C)(C)C1. The van der Waals surface area contributed by atoms with Crippen molar-refractivity contribution in [2.24, 2.45) is 17.3 Å². The monoisotopic (exact) mass is 366 g/mol. The van der Waals surface area contributed by atoms with Crippen LogP contribution in [0.3, 0.4) is 0 Å². The highest BCUT2D eigenvalue weighted by atomic mass is 16.5. The highest BCUT2D eigenvalue weighted by molar-refractivity contribution is 5.80. The summed E-state index contributed by atoms with van der Waals surface area (Å²) in [7, 11) is 0. The standard InChI is InChI=1S/C21H38N2O3/c1-5-7-15(8-6-2)19(24)23-18-14-26-12-10-17(18)22-20(25)16-9-11-21(3,4)13-16/h15-18H,5-14H2,1-4H3,(H,22,25)(H,23,24)/t16?,17-,18+/m0/s1. The minimum Gasteiger partial charge on any atom is -0.379 e. The Labute approximate surface area is 159 Å². The first-order valence-electron chi connectivity index (χ1n) is 10.5. The number of hydrogen-bond donors (Lipinski definition) is 2. The Kier molecular flexibility index (Phi) is 7.93. The Bertz CT molecular complexity index is 448. The summed E-state index contributed by atoms with van der Waals surface area (Å²) < 4.78 is 5.59. The molecule has 1 saturated heterocycles. The first kappa shape index (κ1) is 21.2. The van der Waals surface area contributed by atoms with Crippen LogP contribution in [-0.4, -0.2) is 37.1 Å². The second-order valence-electron chi connectivity index (χ2n) is 8.97. The van der Waals surface area contributed by atoms with Gasteiger partial charge in [0, 0.05) is 18.4 Å². The third-order valence-corrected chi connectivity index (χ3v) is 6.00. The Morgan fingerprint density at radius 2 is 1.77 bits per heavy atom. The number of amides is 2. The van der Waals surface area contributed by atoms with Gasteiger partial charge in [-0.3, -0.25) is 9.59 Å². The zero-order valence-electron chi connectivity index (χ0n) is 17.1. The van der Waals surface area contributed by atoms with Crippen molar-refractivity contribution >= 4 is 11.8 Å². The summed E-state index contributed by atoms with van der Waals surface area (Å²) in [5.41, 5.74) is 0.263. The normalized spacial score (nSPS) is 28.1. The van der Waals surface area contributed by atoms with E-state index in [1.807, 2.05) is 0 Å². The molecule has 0 radical (unpaired) electrons. The van der Waals surface area contributed by atoms with Crippen LogP contribution in [0.4, 0.5) is 0 Å². The summed E-state index contributed by atoms with van der Waals surface area (Å²) in [5.74, 6) is 0.446. The van der Waals surface area contributed by atoms with E-state index in [0.29, 0.717) is 13.2 Å². The number of ether oxygens (including phenoxy) is 1. The Balaban J connectivity index is 1.92. The van der Waals surface area contributed by atoms with E-state index in [1.54, 1.807) is 0 Å². The second-order valence-corrected chi connectivity index (χ2v) is 8.97. The molecule has 0 bridgehead atoms. The predicted octanol–water partition coefficient (Wildman–Crippen LogP) is 3.42. The Morgan fingerprint density at radius 1 is 1.08 bits per heavy atom. The number of carbonyl (C=O) groups is 2. The zero-order valence-corrected chi connectivity index (χ0v) is 17.1. The largest absolute Gasteiger partial charge is 0.379 e. The van der Waals surface area contributed by atoms with Crippen LogP contribution < -0.4 is 10.6 Å². The molecule has 26 heavy (non-hydrogen) atoms. The van der Waals surface area contributed by atoms with Crippen molar-refractivity contribution in [2.75, 3.05) is 13.2 Å². The van der Waals surface area contributed by atoms with Crippen molar-refractivity contribution in [3.05, 3.63) is 0 Å². The molecule has 5 heteroatoms. The van der Waals surface area contributed by atoms with E-state index in [1.165, 1.54) is 0 Å². The molecule has 2 amide bonds. The molecule has 2 N–H and O–H groups in total. The number of carbonyl (C=O) groups excluding carboxylic acids is 2. The van der Waals surface area contributed by atoms with E-state index < -0.39 is 0 Å². The van der Waals surface area contributed by atoms with Gasteiger partial charge in [0.05, 0.1) is 18.7 Å². The number of nitrogens with one attached hydrogen (secondary N) is 2. The molecule has 2 aliphatic rings. The van der Waals surface area contributed by atoms with Gasteiger partial charge in [-0.2, -0.15) is 0 Å². The van der Waals surface area contributed by atoms with Crippen LogP contribution in [0, 0.1) is 17.3 Å². The Hall–Kier alpha value is -1.10. The summed E-state index contributed by atoms with van der Waals surface area (Å²) in [5, 5.41) is 6.40. The van der Waals surface area contributed by atoms with Crippen molar-refractivity contribution in [1.82, 2.24) is 10.6 Å². The summed E-state index contributed by atoms with van der Waals surface area (Å²) in [6.07, 6.45) is 7.65. The van der Waals surface area contributed by atoms with Gasteiger partial charge < -0.3 is 15.4 Å². The molecular weight excluding hydrogens is 328 g/mol. The molecule has 3 atom stereocenters. The van der Waals surface area contributed by atoms with Crippen LogP contribution in [0.25, 0.3) is 0 Å². The van der Waals surface area contributed by atoms with E-state index in [9.17, 15) is 9.59 Å². The lowest BCUT2D eigenvalue weighted by molar-refractivity contribution is -0.130. The molecule has 5 nitrogen and oxygen atoms in total. The lowest BCUT2D eigenvalue weighted by atomic mass is 9.90. The van der Waals surface area contributed by atoms with Gasteiger partial charge in [0.1, 0.15) is 0 Å².